The van der Waals surface area contributed by atoms with Crippen LogP contribution >= 0.6 is 0 Å². The Labute approximate surface area is 118 Å². The van der Waals surface area contributed by atoms with Crippen molar-refractivity contribution < 1.29 is 22.3 Å². The summed E-state index contributed by atoms with van der Waals surface area (Å²) in [5.74, 6) is 0.373. The summed E-state index contributed by atoms with van der Waals surface area (Å²) in [4.78, 5) is 0. The van der Waals surface area contributed by atoms with Crippen molar-refractivity contribution in [2.45, 2.75) is 12.8 Å². The number of alkyl halides is 3. The van der Waals surface area contributed by atoms with Crippen molar-refractivity contribution in [3.63, 3.8) is 0 Å². The van der Waals surface area contributed by atoms with Crippen molar-refractivity contribution in [2.75, 3.05) is 0 Å². The number of rotatable bonds is 3. The Morgan fingerprint density at radius 3 is 2.48 bits per heavy atom. The first kappa shape index (κ1) is 13.5. The summed E-state index contributed by atoms with van der Waals surface area (Å²) in [6.45, 7) is 0.297. The van der Waals surface area contributed by atoms with Gasteiger partial charge in [-0.2, -0.15) is 13.2 Å². The van der Waals surface area contributed by atoms with Gasteiger partial charge in [0.05, 0.1) is 0 Å². The van der Waals surface area contributed by atoms with Crippen molar-refractivity contribution in [3.8, 4) is 5.75 Å². The second kappa shape index (κ2) is 5.16. The van der Waals surface area contributed by atoms with E-state index in [0.717, 1.165) is 11.8 Å². The van der Waals surface area contributed by atoms with E-state index < -0.39 is 11.7 Å². The largest absolute Gasteiger partial charge is 0.489 e. The minimum Gasteiger partial charge on any atom is -0.489 e. The summed E-state index contributed by atoms with van der Waals surface area (Å²) >= 11 is 0. The lowest BCUT2D eigenvalue weighted by atomic mass is 10.1. The van der Waals surface area contributed by atoms with Crippen LogP contribution in [0.25, 0.3) is 11.0 Å². The highest BCUT2D eigenvalue weighted by Gasteiger charge is 2.34. The van der Waals surface area contributed by atoms with Gasteiger partial charge < -0.3 is 9.15 Å². The highest BCUT2D eigenvalue weighted by atomic mass is 19.4. The first-order chi connectivity index (χ1) is 10.0. The van der Waals surface area contributed by atoms with E-state index in [1.54, 1.807) is 6.07 Å². The first-order valence-electron chi connectivity index (χ1n) is 6.29. The molecule has 0 N–H and O–H groups in total. The Hall–Kier alpha value is -2.43. The summed E-state index contributed by atoms with van der Waals surface area (Å²) < 4.78 is 48.9. The van der Waals surface area contributed by atoms with Gasteiger partial charge in [-0.05, 0) is 23.8 Å². The average Bonchev–Trinajstić information content (AvgIpc) is 2.89. The molecule has 0 aliphatic heterocycles. The number of hydrogen-bond donors (Lipinski definition) is 0. The zero-order valence-corrected chi connectivity index (χ0v) is 10.9. The van der Waals surface area contributed by atoms with Gasteiger partial charge in [-0.1, -0.05) is 30.3 Å². The number of halogens is 3. The molecule has 0 fully saturated rings. The molecule has 3 aromatic rings. The van der Waals surface area contributed by atoms with E-state index in [-0.39, 0.29) is 11.0 Å². The molecule has 3 rings (SSSR count). The van der Waals surface area contributed by atoms with Crippen molar-refractivity contribution >= 4 is 11.0 Å². The maximum atomic E-state index is 12.8. The normalized spacial score (nSPS) is 11.8. The predicted molar refractivity (Wildman–Crippen MR) is 72.0 cm³/mol. The van der Waals surface area contributed by atoms with E-state index in [9.17, 15) is 13.2 Å². The molecule has 1 heterocycles. The van der Waals surface area contributed by atoms with Crippen LogP contribution in [0.4, 0.5) is 13.2 Å². The fourth-order valence-corrected chi connectivity index (χ4v) is 2.06. The molecule has 0 aliphatic carbocycles. The van der Waals surface area contributed by atoms with Crippen LogP contribution in [-0.4, -0.2) is 0 Å². The fraction of sp³-hybridized carbons (Fsp3) is 0.125. The lowest BCUT2D eigenvalue weighted by Crippen LogP contribution is -2.03. The highest BCUT2D eigenvalue weighted by molar-refractivity contribution is 5.83. The lowest BCUT2D eigenvalue weighted by molar-refractivity contribution is -0.136. The van der Waals surface area contributed by atoms with Gasteiger partial charge in [0, 0.05) is 5.39 Å². The third-order valence-corrected chi connectivity index (χ3v) is 3.10. The van der Waals surface area contributed by atoms with Crippen LogP contribution in [0.15, 0.2) is 59.2 Å². The van der Waals surface area contributed by atoms with Gasteiger partial charge in [0.25, 0.3) is 0 Å². The molecule has 0 atom stereocenters. The second-order valence-electron chi connectivity index (χ2n) is 4.58. The van der Waals surface area contributed by atoms with E-state index in [1.165, 1.54) is 12.1 Å². The molecule has 0 amide bonds. The Morgan fingerprint density at radius 2 is 1.76 bits per heavy atom. The van der Waals surface area contributed by atoms with E-state index in [2.05, 4.69) is 0 Å². The number of furan rings is 1. The molecule has 0 saturated carbocycles. The van der Waals surface area contributed by atoms with Crippen molar-refractivity contribution in [3.05, 3.63) is 65.9 Å². The van der Waals surface area contributed by atoms with Gasteiger partial charge in [0.2, 0.25) is 0 Å². The molecule has 0 saturated heterocycles. The molecular weight excluding hydrogens is 281 g/mol. The topological polar surface area (TPSA) is 22.4 Å². The molecule has 0 radical (unpaired) electrons. The molecule has 1 aromatic heterocycles. The summed E-state index contributed by atoms with van der Waals surface area (Å²) in [5, 5.41) is 0.00746. The summed E-state index contributed by atoms with van der Waals surface area (Å²) in [5.41, 5.74) is 0.345. The van der Waals surface area contributed by atoms with Crippen LogP contribution in [0.1, 0.15) is 11.1 Å². The molecular formula is C16H11F3O2. The standard InChI is InChI=1S/C16H11F3O2/c17-16(18,19)14-10-21-15-7-6-12(8-13(14)15)20-9-11-4-2-1-3-5-11/h1-8,10H,9H2. The van der Waals surface area contributed by atoms with E-state index in [0.29, 0.717) is 12.4 Å². The maximum Gasteiger partial charge on any atom is 0.420 e. The number of fused-ring (bicyclic) bond motifs is 1. The summed E-state index contributed by atoms with van der Waals surface area (Å²) in [6, 6.07) is 13.8. The Kier molecular flexibility index (Phi) is 3.33. The molecule has 21 heavy (non-hydrogen) atoms. The molecule has 2 nitrogen and oxygen atoms in total. The highest BCUT2D eigenvalue weighted by Crippen LogP contribution is 2.37. The summed E-state index contributed by atoms with van der Waals surface area (Å²) in [6.07, 6.45) is -3.71. The van der Waals surface area contributed by atoms with Crippen LogP contribution in [-0.2, 0) is 12.8 Å². The molecule has 108 valence electrons. The van der Waals surface area contributed by atoms with Crippen molar-refractivity contribution in [1.82, 2.24) is 0 Å². The van der Waals surface area contributed by atoms with E-state index in [4.69, 9.17) is 9.15 Å². The second-order valence-corrected chi connectivity index (χ2v) is 4.58. The molecule has 0 aliphatic rings. The predicted octanol–water partition coefficient (Wildman–Crippen LogP) is 5.03. The molecule has 5 heteroatoms. The monoisotopic (exact) mass is 292 g/mol. The van der Waals surface area contributed by atoms with E-state index in [1.807, 2.05) is 30.3 Å². The van der Waals surface area contributed by atoms with Gasteiger partial charge >= 0.3 is 6.18 Å². The Morgan fingerprint density at radius 1 is 1.00 bits per heavy atom. The minimum atomic E-state index is -4.44. The third-order valence-electron chi connectivity index (χ3n) is 3.10. The van der Waals surface area contributed by atoms with Crippen molar-refractivity contribution in [2.24, 2.45) is 0 Å². The van der Waals surface area contributed by atoms with Crippen LogP contribution in [0.2, 0.25) is 0 Å². The number of benzene rings is 2. The molecule has 0 bridgehead atoms. The van der Waals surface area contributed by atoms with E-state index >= 15 is 0 Å². The third kappa shape index (κ3) is 2.86. The first-order valence-corrected chi connectivity index (χ1v) is 6.29. The average molecular weight is 292 g/mol. The molecule has 2 aromatic carbocycles. The van der Waals surface area contributed by atoms with Gasteiger partial charge in [0.1, 0.15) is 29.8 Å². The zero-order valence-electron chi connectivity index (χ0n) is 10.9. The van der Waals surface area contributed by atoms with Gasteiger partial charge in [-0.3, -0.25) is 0 Å². The van der Waals surface area contributed by atoms with Gasteiger partial charge in [-0.15, -0.1) is 0 Å². The number of hydrogen-bond acceptors (Lipinski definition) is 2. The SMILES string of the molecule is FC(F)(F)c1coc2ccc(OCc3ccccc3)cc12. The molecule has 0 spiro atoms. The van der Waals surface area contributed by atoms with Crippen LogP contribution in [0, 0.1) is 0 Å². The van der Waals surface area contributed by atoms with Crippen molar-refractivity contribution in [1.29, 1.82) is 0 Å². The lowest BCUT2D eigenvalue weighted by Gasteiger charge is -2.07. The quantitative estimate of drug-likeness (QED) is 0.675. The van der Waals surface area contributed by atoms with Crippen LogP contribution in [0.3, 0.4) is 0 Å². The maximum absolute atomic E-state index is 12.8. The summed E-state index contributed by atoms with van der Waals surface area (Å²) in [7, 11) is 0. The smallest absolute Gasteiger partial charge is 0.420 e. The van der Waals surface area contributed by atoms with Gasteiger partial charge in [0.15, 0.2) is 0 Å². The number of ether oxygens (including phenoxy) is 1. The van der Waals surface area contributed by atoms with Crippen LogP contribution in [0.5, 0.6) is 5.75 Å². The van der Waals surface area contributed by atoms with Crippen LogP contribution < -0.4 is 4.74 Å². The fourth-order valence-electron chi connectivity index (χ4n) is 2.06. The molecule has 0 unspecified atom stereocenters. The Balaban J connectivity index is 1.87. The van der Waals surface area contributed by atoms with Gasteiger partial charge in [-0.25, -0.2) is 0 Å². The zero-order chi connectivity index (χ0) is 14.9. The Bertz CT molecular complexity index is 745. The minimum absolute atomic E-state index is 0.00746.